The van der Waals surface area contributed by atoms with E-state index in [1.54, 1.807) is 31.2 Å². The van der Waals surface area contributed by atoms with Crippen LogP contribution in [0.25, 0.3) is 0 Å². The van der Waals surface area contributed by atoms with Crippen LogP contribution in [0.1, 0.15) is 47.6 Å². The number of esters is 1. The van der Waals surface area contributed by atoms with E-state index in [0.29, 0.717) is 24.5 Å². The van der Waals surface area contributed by atoms with Crippen molar-refractivity contribution in [3.05, 3.63) is 46.8 Å². The number of hydrogen-bond acceptors (Lipinski definition) is 6. The summed E-state index contributed by atoms with van der Waals surface area (Å²) in [5.74, 6) is 0.467. The molecule has 0 saturated carbocycles. The lowest BCUT2D eigenvalue weighted by Gasteiger charge is -2.13. The zero-order valence-corrected chi connectivity index (χ0v) is 15.5. The molecule has 1 N–H and O–H groups in total. The SMILES string of the molecule is CCCNC(=O)[C@H](C)OC(=O)c1ccc(OCc2c(C)noc2C)cc1. The van der Waals surface area contributed by atoms with Gasteiger partial charge in [0.2, 0.25) is 0 Å². The predicted octanol–water partition coefficient (Wildman–Crippen LogP) is 2.94. The maximum atomic E-state index is 12.1. The molecule has 140 valence electrons. The first-order chi connectivity index (χ1) is 12.4. The summed E-state index contributed by atoms with van der Waals surface area (Å²) >= 11 is 0. The third kappa shape index (κ3) is 5.08. The molecule has 0 aliphatic carbocycles. The standard InChI is InChI=1S/C19H24N2O5/c1-5-10-20-18(22)14(4)25-19(23)15-6-8-16(9-7-15)24-11-17-12(2)21-26-13(17)3/h6-9,14H,5,10-11H2,1-4H3,(H,20,22)/t14-/m0/s1. The van der Waals surface area contributed by atoms with Gasteiger partial charge in [-0.2, -0.15) is 0 Å². The second kappa shape index (κ2) is 9.03. The van der Waals surface area contributed by atoms with Gasteiger partial charge >= 0.3 is 5.97 Å². The number of rotatable bonds is 8. The molecule has 1 amide bonds. The van der Waals surface area contributed by atoms with E-state index in [2.05, 4.69) is 10.5 Å². The van der Waals surface area contributed by atoms with Gasteiger partial charge in [-0.3, -0.25) is 4.79 Å². The average molecular weight is 360 g/mol. The summed E-state index contributed by atoms with van der Waals surface area (Å²) in [6.07, 6.45) is -0.0218. The van der Waals surface area contributed by atoms with Crippen LogP contribution in [0.5, 0.6) is 5.75 Å². The highest BCUT2D eigenvalue weighted by molar-refractivity contribution is 5.92. The zero-order valence-electron chi connectivity index (χ0n) is 15.5. The van der Waals surface area contributed by atoms with Gasteiger partial charge in [-0.05, 0) is 51.5 Å². The van der Waals surface area contributed by atoms with Crippen LogP contribution in [-0.4, -0.2) is 29.7 Å². The fraction of sp³-hybridized carbons (Fsp3) is 0.421. The summed E-state index contributed by atoms with van der Waals surface area (Å²) in [5, 5.41) is 6.57. The quantitative estimate of drug-likeness (QED) is 0.728. The molecule has 2 aromatic rings. The van der Waals surface area contributed by atoms with Crippen LogP contribution in [0.15, 0.2) is 28.8 Å². The van der Waals surface area contributed by atoms with Crippen molar-refractivity contribution in [3.63, 3.8) is 0 Å². The molecule has 0 spiro atoms. The molecule has 26 heavy (non-hydrogen) atoms. The maximum absolute atomic E-state index is 12.1. The van der Waals surface area contributed by atoms with Gasteiger partial charge in [-0.1, -0.05) is 12.1 Å². The fourth-order valence-electron chi connectivity index (χ4n) is 2.22. The lowest BCUT2D eigenvalue weighted by molar-refractivity contribution is -0.129. The van der Waals surface area contributed by atoms with Gasteiger partial charge in [-0.15, -0.1) is 0 Å². The molecule has 0 radical (unpaired) electrons. The largest absolute Gasteiger partial charge is 0.489 e. The average Bonchev–Trinajstić information content (AvgIpc) is 2.96. The summed E-state index contributed by atoms with van der Waals surface area (Å²) < 4.78 is 16.0. The molecule has 0 fully saturated rings. The van der Waals surface area contributed by atoms with E-state index in [-0.39, 0.29) is 5.91 Å². The summed E-state index contributed by atoms with van der Waals surface area (Å²) in [7, 11) is 0. The van der Waals surface area contributed by atoms with Crippen molar-refractivity contribution in [1.29, 1.82) is 0 Å². The Hall–Kier alpha value is -2.83. The number of ether oxygens (including phenoxy) is 2. The van der Waals surface area contributed by atoms with E-state index in [9.17, 15) is 9.59 Å². The Morgan fingerprint density at radius 2 is 1.92 bits per heavy atom. The van der Waals surface area contributed by atoms with Gasteiger partial charge < -0.3 is 19.3 Å². The number of nitrogens with zero attached hydrogens (tertiary/aromatic N) is 1. The number of hydrogen-bond donors (Lipinski definition) is 1. The highest BCUT2D eigenvalue weighted by Gasteiger charge is 2.18. The number of nitrogens with one attached hydrogen (secondary N) is 1. The van der Waals surface area contributed by atoms with Crippen molar-refractivity contribution in [2.45, 2.75) is 46.8 Å². The summed E-state index contributed by atoms with van der Waals surface area (Å²) in [6.45, 7) is 8.06. The van der Waals surface area contributed by atoms with Crippen molar-refractivity contribution in [3.8, 4) is 5.75 Å². The molecular formula is C19H24N2O5. The summed E-state index contributed by atoms with van der Waals surface area (Å²) in [4.78, 5) is 23.9. The van der Waals surface area contributed by atoms with Crippen molar-refractivity contribution in [1.82, 2.24) is 10.5 Å². The Balaban J connectivity index is 1.90. The van der Waals surface area contributed by atoms with E-state index >= 15 is 0 Å². The van der Waals surface area contributed by atoms with E-state index in [4.69, 9.17) is 14.0 Å². The van der Waals surface area contributed by atoms with Gasteiger partial charge in [-0.25, -0.2) is 4.79 Å². The number of benzene rings is 1. The van der Waals surface area contributed by atoms with Gasteiger partial charge in [0.05, 0.1) is 16.8 Å². The molecule has 1 aromatic carbocycles. The number of carbonyl (C=O) groups is 2. The van der Waals surface area contributed by atoms with Gasteiger partial charge in [0.25, 0.3) is 5.91 Å². The van der Waals surface area contributed by atoms with Gasteiger partial charge in [0.15, 0.2) is 6.10 Å². The smallest absolute Gasteiger partial charge is 0.338 e. The first kappa shape index (κ1) is 19.5. The first-order valence-corrected chi connectivity index (χ1v) is 8.55. The highest BCUT2D eigenvalue weighted by Crippen LogP contribution is 2.18. The topological polar surface area (TPSA) is 90.7 Å². The van der Waals surface area contributed by atoms with E-state index in [1.165, 1.54) is 0 Å². The molecule has 2 rings (SSSR count). The summed E-state index contributed by atoms with van der Waals surface area (Å²) in [6, 6.07) is 6.55. The van der Waals surface area contributed by atoms with Crippen LogP contribution in [0, 0.1) is 13.8 Å². The molecule has 1 heterocycles. The Bertz CT molecular complexity index is 732. The minimum absolute atomic E-state index is 0.306. The normalized spacial score (nSPS) is 11.7. The van der Waals surface area contributed by atoms with E-state index in [1.807, 2.05) is 20.8 Å². The molecule has 0 aliphatic rings. The van der Waals surface area contributed by atoms with Crippen molar-refractivity contribution >= 4 is 11.9 Å². The maximum Gasteiger partial charge on any atom is 0.338 e. The fourth-order valence-corrected chi connectivity index (χ4v) is 2.22. The number of amides is 1. The molecule has 1 aromatic heterocycles. The molecular weight excluding hydrogens is 336 g/mol. The molecule has 7 heteroatoms. The van der Waals surface area contributed by atoms with Gasteiger partial charge in [0.1, 0.15) is 18.1 Å². The lowest BCUT2D eigenvalue weighted by Crippen LogP contribution is -2.36. The van der Waals surface area contributed by atoms with Crippen LogP contribution in [0.3, 0.4) is 0 Å². The van der Waals surface area contributed by atoms with Crippen LogP contribution >= 0.6 is 0 Å². The molecule has 1 atom stereocenters. The summed E-state index contributed by atoms with van der Waals surface area (Å²) in [5.41, 5.74) is 2.04. The molecule has 0 saturated heterocycles. The third-order valence-corrected chi connectivity index (χ3v) is 3.86. The monoisotopic (exact) mass is 360 g/mol. The van der Waals surface area contributed by atoms with Crippen molar-refractivity contribution < 1.29 is 23.6 Å². The minimum atomic E-state index is -0.843. The van der Waals surface area contributed by atoms with Gasteiger partial charge in [0, 0.05) is 6.54 Å². The lowest BCUT2D eigenvalue weighted by atomic mass is 10.2. The second-order valence-electron chi connectivity index (χ2n) is 5.95. The molecule has 0 aliphatic heterocycles. The van der Waals surface area contributed by atoms with Crippen LogP contribution < -0.4 is 10.1 Å². The minimum Gasteiger partial charge on any atom is -0.489 e. The Morgan fingerprint density at radius 3 is 2.50 bits per heavy atom. The highest BCUT2D eigenvalue weighted by atomic mass is 16.5. The van der Waals surface area contributed by atoms with Crippen LogP contribution in [0.4, 0.5) is 0 Å². The Kier molecular flexibility index (Phi) is 6.77. The van der Waals surface area contributed by atoms with Crippen LogP contribution in [-0.2, 0) is 16.1 Å². The number of aryl methyl sites for hydroxylation is 2. The Labute approximate surface area is 152 Å². The van der Waals surface area contributed by atoms with E-state index in [0.717, 1.165) is 23.4 Å². The molecule has 0 unspecified atom stereocenters. The predicted molar refractivity (Wildman–Crippen MR) is 94.9 cm³/mol. The zero-order chi connectivity index (χ0) is 19.1. The second-order valence-corrected chi connectivity index (χ2v) is 5.95. The molecule has 7 nitrogen and oxygen atoms in total. The van der Waals surface area contributed by atoms with Crippen molar-refractivity contribution in [2.24, 2.45) is 0 Å². The van der Waals surface area contributed by atoms with Crippen LogP contribution in [0.2, 0.25) is 0 Å². The van der Waals surface area contributed by atoms with Crippen molar-refractivity contribution in [2.75, 3.05) is 6.54 Å². The van der Waals surface area contributed by atoms with E-state index < -0.39 is 12.1 Å². The third-order valence-electron chi connectivity index (χ3n) is 3.86. The Morgan fingerprint density at radius 1 is 1.23 bits per heavy atom. The molecule has 0 bridgehead atoms. The number of aromatic nitrogens is 1. The first-order valence-electron chi connectivity index (χ1n) is 8.55. The number of carbonyl (C=O) groups excluding carboxylic acids is 2.